The topological polar surface area (TPSA) is 50.5 Å². The highest BCUT2D eigenvalue weighted by Gasteiger charge is 2.26. The molecule has 0 spiro atoms. The minimum absolute atomic E-state index is 0.331. The highest BCUT2D eigenvalue weighted by molar-refractivity contribution is 5.05. The SMILES string of the molecule is CCCNCc1cc(CN2CCC(C)C(OC)C2)on1. The molecule has 2 unspecified atom stereocenters. The number of rotatable bonds is 7. The Bertz CT molecular complexity index is 394. The second kappa shape index (κ2) is 7.76. The van der Waals surface area contributed by atoms with E-state index in [1.165, 1.54) is 6.42 Å². The summed E-state index contributed by atoms with van der Waals surface area (Å²) in [6, 6.07) is 2.06. The summed E-state index contributed by atoms with van der Waals surface area (Å²) >= 11 is 0. The first-order chi connectivity index (χ1) is 9.72. The van der Waals surface area contributed by atoms with Gasteiger partial charge in [-0.2, -0.15) is 0 Å². The van der Waals surface area contributed by atoms with Gasteiger partial charge in [0.15, 0.2) is 5.76 Å². The third-order valence-electron chi connectivity index (χ3n) is 4.00. The summed E-state index contributed by atoms with van der Waals surface area (Å²) in [4.78, 5) is 2.39. The maximum atomic E-state index is 5.54. The van der Waals surface area contributed by atoms with E-state index in [1.54, 1.807) is 7.11 Å². The normalized spacial score (nSPS) is 24.1. The van der Waals surface area contributed by atoms with Crippen LogP contribution < -0.4 is 5.32 Å². The molecule has 1 aliphatic rings. The lowest BCUT2D eigenvalue weighted by Gasteiger charge is -2.35. The predicted octanol–water partition coefficient (Wildman–Crippen LogP) is 2.03. The van der Waals surface area contributed by atoms with E-state index in [-0.39, 0.29) is 0 Å². The lowest BCUT2D eigenvalue weighted by molar-refractivity contribution is -0.00961. The van der Waals surface area contributed by atoms with Crippen LogP contribution in [0.2, 0.25) is 0 Å². The fourth-order valence-corrected chi connectivity index (χ4v) is 2.68. The minimum atomic E-state index is 0.331. The van der Waals surface area contributed by atoms with Crippen molar-refractivity contribution in [2.45, 2.75) is 45.9 Å². The molecule has 1 N–H and O–H groups in total. The smallest absolute Gasteiger partial charge is 0.151 e. The van der Waals surface area contributed by atoms with Crippen LogP contribution in [0.15, 0.2) is 10.6 Å². The van der Waals surface area contributed by atoms with Crippen LogP contribution in [0.4, 0.5) is 0 Å². The number of hydrogen-bond donors (Lipinski definition) is 1. The van der Waals surface area contributed by atoms with Crippen molar-refractivity contribution in [2.75, 3.05) is 26.7 Å². The van der Waals surface area contributed by atoms with E-state index >= 15 is 0 Å². The van der Waals surface area contributed by atoms with Crippen molar-refractivity contribution < 1.29 is 9.26 Å². The number of piperidine rings is 1. The van der Waals surface area contributed by atoms with Crippen LogP contribution in [0.25, 0.3) is 0 Å². The van der Waals surface area contributed by atoms with Gasteiger partial charge in [0.2, 0.25) is 0 Å². The Hall–Kier alpha value is -0.910. The Morgan fingerprint density at radius 2 is 2.40 bits per heavy atom. The molecule has 5 nitrogen and oxygen atoms in total. The lowest BCUT2D eigenvalue weighted by Crippen LogP contribution is -2.43. The molecule has 0 aliphatic carbocycles. The molecule has 0 aromatic carbocycles. The third kappa shape index (κ3) is 4.30. The first kappa shape index (κ1) is 15.5. The fraction of sp³-hybridized carbons (Fsp3) is 0.800. The summed E-state index contributed by atoms with van der Waals surface area (Å²) < 4.78 is 11.0. The van der Waals surface area contributed by atoms with Crippen LogP contribution >= 0.6 is 0 Å². The number of nitrogens with one attached hydrogen (secondary N) is 1. The van der Waals surface area contributed by atoms with Crippen molar-refractivity contribution in [3.63, 3.8) is 0 Å². The summed E-state index contributed by atoms with van der Waals surface area (Å²) in [7, 11) is 1.80. The number of likely N-dealkylation sites (tertiary alicyclic amines) is 1. The Labute approximate surface area is 121 Å². The third-order valence-corrected chi connectivity index (χ3v) is 4.00. The molecule has 5 heteroatoms. The van der Waals surface area contributed by atoms with Crippen LogP contribution in [-0.2, 0) is 17.8 Å². The van der Waals surface area contributed by atoms with Gasteiger partial charge in [0.25, 0.3) is 0 Å². The lowest BCUT2D eigenvalue weighted by atomic mass is 9.96. The van der Waals surface area contributed by atoms with Gasteiger partial charge >= 0.3 is 0 Å². The van der Waals surface area contributed by atoms with E-state index in [9.17, 15) is 0 Å². The molecule has 0 bridgehead atoms. The predicted molar refractivity (Wildman–Crippen MR) is 78.4 cm³/mol. The van der Waals surface area contributed by atoms with Crippen molar-refractivity contribution in [2.24, 2.45) is 5.92 Å². The molecule has 1 aromatic heterocycles. The van der Waals surface area contributed by atoms with Gasteiger partial charge in [-0.3, -0.25) is 4.90 Å². The molecule has 1 saturated heterocycles. The number of hydrogen-bond acceptors (Lipinski definition) is 5. The van der Waals surface area contributed by atoms with E-state index < -0.39 is 0 Å². The number of aromatic nitrogens is 1. The zero-order valence-electron chi connectivity index (χ0n) is 12.9. The molecule has 0 saturated carbocycles. The second-order valence-corrected chi connectivity index (χ2v) is 5.74. The Morgan fingerprint density at radius 1 is 1.55 bits per heavy atom. The van der Waals surface area contributed by atoms with Gasteiger partial charge in [0.1, 0.15) is 0 Å². The van der Waals surface area contributed by atoms with Gasteiger partial charge in [-0.05, 0) is 31.8 Å². The van der Waals surface area contributed by atoms with Crippen LogP contribution in [0, 0.1) is 5.92 Å². The van der Waals surface area contributed by atoms with Crippen molar-refractivity contribution in [1.82, 2.24) is 15.4 Å². The molecular formula is C15H27N3O2. The van der Waals surface area contributed by atoms with Gasteiger partial charge in [0, 0.05) is 26.3 Å². The van der Waals surface area contributed by atoms with Crippen molar-refractivity contribution in [3.8, 4) is 0 Å². The first-order valence-electron chi connectivity index (χ1n) is 7.63. The Balaban J connectivity index is 1.81. The summed E-state index contributed by atoms with van der Waals surface area (Å²) in [5.74, 6) is 1.59. The number of ether oxygens (including phenoxy) is 1. The number of methoxy groups -OCH3 is 1. The van der Waals surface area contributed by atoms with E-state index in [4.69, 9.17) is 9.26 Å². The molecule has 2 rings (SSSR count). The molecule has 1 fully saturated rings. The molecule has 0 amide bonds. The molecule has 1 aliphatic heterocycles. The van der Waals surface area contributed by atoms with E-state index in [0.29, 0.717) is 12.0 Å². The van der Waals surface area contributed by atoms with Crippen LogP contribution in [-0.4, -0.2) is 42.9 Å². The molecule has 114 valence electrons. The maximum absolute atomic E-state index is 5.54. The van der Waals surface area contributed by atoms with E-state index in [2.05, 4.69) is 35.3 Å². The van der Waals surface area contributed by atoms with Crippen LogP contribution in [0.3, 0.4) is 0 Å². The monoisotopic (exact) mass is 281 g/mol. The zero-order valence-corrected chi connectivity index (χ0v) is 12.9. The van der Waals surface area contributed by atoms with Gasteiger partial charge in [-0.1, -0.05) is 19.0 Å². The van der Waals surface area contributed by atoms with Gasteiger partial charge in [0.05, 0.1) is 18.3 Å². The van der Waals surface area contributed by atoms with Crippen molar-refractivity contribution in [3.05, 3.63) is 17.5 Å². The minimum Gasteiger partial charge on any atom is -0.380 e. The van der Waals surface area contributed by atoms with Gasteiger partial charge in [-0.25, -0.2) is 0 Å². The molecule has 0 radical (unpaired) electrons. The summed E-state index contributed by atoms with van der Waals surface area (Å²) in [6.07, 6.45) is 2.64. The van der Waals surface area contributed by atoms with Gasteiger partial charge < -0.3 is 14.6 Å². The molecule has 2 heterocycles. The van der Waals surface area contributed by atoms with Crippen molar-refractivity contribution >= 4 is 0 Å². The van der Waals surface area contributed by atoms with Crippen LogP contribution in [0.5, 0.6) is 0 Å². The van der Waals surface area contributed by atoms with E-state index in [1.807, 2.05) is 0 Å². The standard InChI is InChI=1S/C15H27N3O2/c1-4-6-16-9-13-8-14(20-17-13)10-18-7-5-12(2)15(11-18)19-3/h8,12,15-16H,4-7,9-11H2,1-3H3. The highest BCUT2D eigenvalue weighted by Crippen LogP contribution is 2.21. The van der Waals surface area contributed by atoms with E-state index in [0.717, 1.165) is 50.6 Å². The maximum Gasteiger partial charge on any atom is 0.151 e. The second-order valence-electron chi connectivity index (χ2n) is 5.74. The number of nitrogens with zero attached hydrogens (tertiary/aromatic N) is 2. The largest absolute Gasteiger partial charge is 0.380 e. The quantitative estimate of drug-likeness (QED) is 0.775. The Kier molecular flexibility index (Phi) is 6.01. The molecule has 2 atom stereocenters. The average Bonchev–Trinajstić information content (AvgIpc) is 2.89. The summed E-state index contributed by atoms with van der Waals surface area (Å²) in [5.41, 5.74) is 0.988. The van der Waals surface area contributed by atoms with Gasteiger partial charge in [-0.15, -0.1) is 0 Å². The fourth-order valence-electron chi connectivity index (χ4n) is 2.68. The molecule has 1 aromatic rings. The Morgan fingerprint density at radius 3 is 3.15 bits per heavy atom. The summed E-state index contributed by atoms with van der Waals surface area (Å²) in [5, 5.41) is 7.45. The highest BCUT2D eigenvalue weighted by atomic mass is 16.5. The summed E-state index contributed by atoms with van der Waals surface area (Å²) in [6.45, 7) is 9.12. The molecular weight excluding hydrogens is 254 g/mol. The van der Waals surface area contributed by atoms with Crippen molar-refractivity contribution in [1.29, 1.82) is 0 Å². The average molecular weight is 281 g/mol. The van der Waals surface area contributed by atoms with Crippen LogP contribution in [0.1, 0.15) is 38.1 Å². The molecule has 20 heavy (non-hydrogen) atoms. The first-order valence-corrected chi connectivity index (χ1v) is 7.63. The zero-order chi connectivity index (χ0) is 14.4.